The molecule has 148 valence electrons. The first-order valence-electron chi connectivity index (χ1n) is 8.43. The molecule has 0 radical (unpaired) electrons. The highest BCUT2D eigenvalue weighted by molar-refractivity contribution is 7.98. The smallest absolute Gasteiger partial charge is 0.288 e. The van der Waals surface area contributed by atoms with Gasteiger partial charge < -0.3 is 10.6 Å². The fourth-order valence-corrected chi connectivity index (χ4v) is 3.13. The van der Waals surface area contributed by atoms with Crippen molar-refractivity contribution >= 4 is 46.6 Å². The zero-order chi connectivity index (χ0) is 20.7. The SMILES string of the molecule is CSCCC(NC(=O)c1ccc(Cl)c([N+](=O)[O-])c1)C(=O)Nc1ccccc1C. The number of aryl methyl sites for hydroxylation is 1. The fraction of sp³-hybridized carbons (Fsp3) is 0.263. The van der Waals surface area contributed by atoms with Gasteiger partial charge in [-0.2, -0.15) is 11.8 Å². The average molecular weight is 422 g/mol. The van der Waals surface area contributed by atoms with Crippen LogP contribution in [0.3, 0.4) is 0 Å². The van der Waals surface area contributed by atoms with Gasteiger partial charge in [-0.25, -0.2) is 0 Å². The van der Waals surface area contributed by atoms with Gasteiger partial charge in [-0.15, -0.1) is 0 Å². The zero-order valence-electron chi connectivity index (χ0n) is 15.4. The summed E-state index contributed by atoms with van der Waals surface area (Å²) < 4.78 is 0. The number of nitrogens with zero attached hydrogens (tertiary/aromatic N) is 1. The maximum Gasteiger partial charge on any atom is 0.288 e. The number of rotatable bonds is 8. The molecule has 2 amide bonds. The Labute approximate surface area is 172 Å². The lowest BCUT2D eigenvalue weighted by Gasteiger charge is -2.19. The largest absolute Gasteiger partial charge is 0.340 e. The Bertz CT molecular complexity index is 891. The van der Waals surface area contributed by atoms with Gasteiger partial charge >= 0.3 is 0 Å². The summed E-state index contributed by atoms with van der Waals surface area (Å²) in [6.45, 7) is 1.87. The number of para-hydroxylation sites is 1. The minimum Gasteiger partial charge on any atom is -0.340 e. The van der Waals surface area contributed by atoms with Crippen molar-refractivity contribution in [3.05, 3.63) is 68.7 Å². The first-order valence-corrected chi connectivity index (χ1v) is 10.2. The molecule has 0 spiro atoms. The van der Waals surface area contributed by atoms with E-state index < -0.39 is 16.9 Å². The van der Waals surface area contributed by atoms with E-state index in [1.54, 1.807) is 17.8 Å². The first-order chi connectivity index (χ1) is 13.3. The topological polar surface area (TPSA) is 101 Å². The van der Waals surface area contributed by atoms with Gasteiger partial charge in [0.05, 0.1) is 4.92 Å². The van der Waals surface area contributed by atoms with E-state index in [2.05, 4.69) is 10.6 Å². The van der Waals surface area contributed by atoms with E-state index in [4.69, 9.17) is 11.6 Å². The van der Waals surface area contributed by atoms with Crippen LogP contribution in [0.1, 0.15) is 22.3 Å². The van der Waals surface area contributed by atoms with Crippen molar-refractivity contribution in [2.45, 2.75) is 19.4 Å². The average Bonchev–Trinajstić information content (AvgIpc) is 2.66. The standard InChI is InChI=1S/C19H20ClN3O4S/c1-12-5-3-4-6-15(12)21-19(25)16(9-10-28-2)22-18(24)13-7-8-14(20)17(11-13)23(26)27/h3-8,11,16H,9-10H2,1-2H3,(H,21,25)(H,22,24). The van der Waals surface area contributed by atoms with Crippen LogP contribution in [-0.4, -0.2) is 34.8 Å². The van der Waals surface area contributed by atoms with Crippen LogP contribution < -0.4 is 10.6 Å². The number of halogens is 1. The van der Waals surface area contributed by atoms with Crippen molar-refractivity contribution in [1.82, 2.24) is 5.32 Å². The van der Waals surface area contributed by atoms with Gasteiger partial charge in [-0.05, 0) is 49.1 Å². The van der Waals surface area contributed by atoms with Crippen molar-refractivity contribution < 1.29 is 14.5 Å². The van der Waals surface area contributed by atoms with Crippen LogP contribution in [0.2, 0.25) is 5.02 Å². The van der Waals surface area contributed by atoms with Crippen molar-refractivity contribution in [1.29, 1.82) is 0 Å². The summed E-state index contributed by atoms with van der Waals surface area (Å²) in [6, 6.07) is 10.3. The summed E-state index contributed by atoms with van der Waals surface area (Å²) in [5.74, 6) is -0.265. The normalized spacial score (nSPS) is 11.5. The molecule has 2 N–H and O–H groups in total. The van der Waals surface area contributed by atoms with E-state index >= 15 is 0 Å². The molecule has 0 saturated carbocycles. The second kappa shape index (κ2) is 10.1. The molecule has 0 heterocycles. The number of nitro groups is 1. The van der Waals surface area contributed by atoms with Crippen LogP contribution in [0.4, 0.5) is 11.4 Å². The molecular weight excluding hydrogens is 402 g/mol. The van der Waals surface area contributed by atoms with Gasteiger partial charge in [-0.3, -0.25) is 19.7 Å². The van der Waals surface area contributed by atoms with Crippen molar-refractivity contribution in [3.63, 3.8) is 0 Å². The number of anilines is 1. The van der Waals surface area contributed by atoms with Gasteiger partial charge in [0.25, 0.3) is 11.6 Å². The third-order valence-electron chi connectivity index (χ3n) is 4.04. The van der Waals surface area contributed by atoms with Gasteiger partial charge in [0, 0.05) is 17.3 Å². The third-order valence-corrected chi connectivity index (χ3v) is 5.00. The van der Waals surface area contributed by atoms with Crippen LogP contribution >= 0.6 is 23.4 Å². The second-order valence-corrected chi connectivity index (χ2v) is 7.43. The molecule has 2 aromatic rings. The van der Waals surface area contributed by atoms with Crippen LogP contribution in [-0.2, 0) is 4.79 Å². The van der Waals surface area contributed by atoms with Gasteiger partial charge in [0.2, 0.25) is 5.91 Å². The quantitative estimate of drug-likeness (QED) is 0.494. The molecule has 2 rings (SSSR count). The molecule has 1 atom stereocenters. The molecule has 7 nitrogen and oxygen atoms in total. The summed E-state index contributed by atoms with van der Waals surface area (Å²) >= 11 is 7.34. The molecule has 9 heteroatoms. The van der Waals surface area contributed by atoms with E-state index in [-0.39, 0.29) is 22.2 Å². The Kier molecular flexibility index (Phi) is 7.83. The third kappa shape index (κ3) is 5.71. The second-order valence-electron chi connectivity index (χ2n) is 6.03. The lowest BCUT2D eigenvalue weighted by molar-refractivity contribution is -0.384. The number of nitrogens with one attached hydrogen (secondary N) is 2. The highest BCUT2D eigenvalue weighted by Gasteiger charge is 2.23. The van der Waals surface area contributed by atoms with Crippen LogP contribution in [0.5, 0.6) is 0 Å². The number of nitro benzene ring substituents is 1. The summed E-state index contributed by atoms with van der Waals surface area (Å²) in [6.07, 6.45) is 2.32. The molecule has 0 aliphatic heterocycles. The minimum atomic E-state index is -0.783. The number of thioether (sulfide) groups is 1. The Morgan fingerprint density at radius 2 is 1.96 bits per heavy atom. The maximum atomic E-state index is 12.7. The van der Waals surface area contributed by atoms with Crippen molar-refractivity contribution in [2.75, 3.05) is 17.3 Å². The van der Waals surface area contributed by atoms with Crippen LogP contribution in [0.25, 0.3) is 0 Å². The molecular formula is C19H20ClN3O4S. The molecule has 28 heavy (non-hydrogen) atoms. The lowest BCUT2D eigenvalue weighted by atomic mass is 10.1. The number of hydrogen-bond acceptors (Lipinski definition) is 5. The van der Waals surface area contributed by atoms with Gasteiger partial charge in [0.1, 0.15) is 11.1 Å². The summed E-state index contributed by atoms with van der Waals surface area (Å²) in [4.78, 5) is 35.6. The Balaban J connectivity index is 2.18. The highest BCUT2D eigenvalue weighted by atomic mass is 35.5. The number of amides is 2. The number of carbonyl (C=O) groups excluding carboxylic acids is 2. The molecule has 0 fully saturated rings. The highest BCUT2D eigenvalue weighted by Crippen LogP contribution is 2.25. The Hall–Kier alpha value is -2.58. The maximum absolute atomic E-state index is 12.7. The molecule has 2 aromatic carbocycles. The molecule has 0 saturated heterocycles. The summed E-state index contributed by atoms with van der Waals surface area (Å²) in [5, 5.41) is 16.5. The number of hydrogen-bond donors (Lipinski definition) is 2. The van der Waals surface area contributed by atoms with Gasteiger partial charge in [0.15, 0.2) is 0 Å². The molecule has 1 unspecified atom stereocenters. The Morgan fingerprint density at radius 3 is 2.61 bits per heavy atom. The van der Waals surface area contributed by atoms with Gasteiger partial charge in [-0.1, -0.05) is 29.8 Å². The molecule has 0 aromatic heterocycles. The van der Waals surface area contributed by atoms with Crippen molar-refractivity contribution in [3.8, 4) is 0 Å². The zero-order valence-corrected chi connectivity index (χ0v) is 17.0. The summed E-state index contributed by atoms with van der Waals surface area (Å²) in [5.41, 5.74) is 1.27. The van der Waals surface area contributed by atoms with E-state index in [1.165, 1.54) is 12.1 Å². The Morgan fingerprint density at radius 1 is 1.25 bits per heavy atom. The minimum absolute atomic E-state index is 0.0576. The monoisotopic (exact) mass is 421 g/mol. The predicted molar refractivity (Wildman–Crippen MR) is 112 cm³/mol. The predicted octanol–water partition coefficient (Wildman–Crippen LogP) is 4.05. The number of carbonyl (C=O) groups is 2. The lowest BCUT2D eigenvalue weighted by Crippen LogP contribution is -2.44. The van der Waals surface area contributed by atoms with E-state index in [0.29, 0.717) is 17.9 Å². The van der Waals surface area contributed by atoms with E-state index in [0.717, 1.165) is 11.6 Å². The van der Waals surface area contributed by atoms with Crippen LogP contribution in [0.15, 0.2) is 42.5 Å². The molecule has 0 aliphatic rings. The van der Waals surface area contributed by atoms with E-state index in [1.807, 2.05) is 31.4 Å². The molecule has 0 aliphatic carbocycles. The molecule has 0 bridgehead atoms. The fourth-order valence-electron chi connectivity index (χ4n) is 2.47. The van der Waals surface area contributed by atoms with Crippen molar-refractivity contribution in [2.24, 2.45) is 0 Å². The number of benzene rings is 2. The van der Waals surface area contributed by atoms with Crippen LogP contribution in [0, 0.1) is 17.0 Å². The van der Waals surface area contributed by atoms with E-state index in [9.17, 15) is 19.7 Å². The first kappa shape index (κ1) is 21.7. The summed E-state index contributed by atoms with van der Waals surface area (Å²) in [7, 11) is 0.